The van der Waals surface area contributed by atoms with E-state index in [4.69, 9.17) is 0 Å². The van der Waals surface area contributed by atoms with Gasteiger partial charge >= 0.3 is 0 Å². The SMILES string of the molecule is Cc1ccc2c(c1)CCN2c1ccc(/C=C/c2ccccc2)cc1. The number of nitrogens with zero attached hydrogens (tertiary/aromatic N) is 1. The van der Waals surface area contributed by atoms with Crippen LogP contribution in [0.5, 0.6) is 0 Å². The summed E-state index contributed by atoms with van der Waals surface area (Å²) in [6, 6.07) is 26.0. The lowest BCUT2D eigenvalue weighted by molar-refractivity contribution is 0.998. The van der Waals surface area contributed by atoms with Gasteiger partial charge in [-0.25, -0.2) is 0 Å². The predicted octanol–water partition coefficient (Wildman–Crippen LogP) is 5.86. The van der Waals surface area contributed by atoms with Crippen LogP contribution in [0.15, 0.2) is 72.8 Å². The van der Waals surface area contributed by atoms with Crippen molar-refractivity contribution in [3.05, 3.63) is 95.1 Å². The third kappa shape index (κ3) is 2.98. The van der Waals surface area contributed by atoms with E-state index >= 15 is 0 Å². The largest absolute Gasteiger partial charge is 0.341 e. The van der Waals surface area contributed by atoms with Gasteiger partial charge in [-0.15, -0.1) is 0 Å². The van der Waals surface area contributed by atoms with Crippen LogP contribution in [0.2, 0.25) is 0 Å². The molecule has 0 N–H and O–H groups in total. The fourth-order valence-electron chi connectivity index (χ4n) is 3.32. The normalized spacial score (nSPS) is 13.5. The van der Waals surface area contributed by atoms with Crippen molar-refractivity contribution in [2.75, 3.05) is 11.4 Å². The van der Waals surface area contributed by atoms with Gasteiger partial charge in [0.2, 0.25) is 0 Å². The molecule has 0 aromatic heterocycles. The third-order valence-electron chi connectivity index (χ3n) is 4.60. The highest BCUT2D eigenvalue weighted by Crippen LogP contribution is 2.35. The van der Waals surface area contributed by atoms with Gasteiger partial charge in [-0.1, -0.05) is 72.3 Å². The molecular formula is C23H21N. The summed E-state index contributed by atoms with van der Waals surface area (Å²) in [5, 5.41) is 0. The molecule has 24 heavy (non-hydrogen) atoms. The maximum Gasteiger partial charge on any atom is 0.0444 e. The molecular weight excluding hydrogens is 290 g/mol. The van der Waals surface area contributed by atoms with Gasteiger partial charge in [0, 0.05) is 17.9 Å². The quantitative estimate of drug-likeness (QED) is 0.548. The van der Waals surface area contributed by atoms with Crippen LogP contribution < -0.4 is 4.90 Å². The highest BCUT2D eigenvalue weighted by atomic mass is 15.2. The monoisotopic (exact) mass is 311 g/mol. The van der Waals surface area contributed by atoms with Gasteiger partial charge in [-0.05, 0) is 48.2 Å². The van der Waals surface area contributed by atoms with Crippen molar-refractivity contribution in [2.45, 2.75) is 13.3 Å². The molecule has 0 aliphatic carbocycles. The van der Waals surface area contributed by atoms with Crippen molar-refractivity contribution in [3.63, 3.8) is 0 Å². The summed E-state index contributed by atoms with van der Waals surface area (Å²) in [4.78, 5) is 2.42. The molecule has 0 amide bonds. The Hall–Kier alpha value is -2.80. The van der Waals surface area contributed by atoms with Gasteiger partial charge < -0.3 is 4.90 Å². The number of anilines is 2. The van der Waals surface area contributed by atoms with Crippen LogP contribution in [0.4, 0.5) is 11.4 Å². The molecule has 0 saturated heterocycles. The fourth-order valence-corrected chi connectivity index (χ4v) is 3.32. The molecule has 3 aromatic rings. The molecule has 4 rings (SSSR count). The Balaban J connectivity index is 1.54. The lowest BCUT2D eigenvalue weighted by Gasteiger charge is -2.19. The summed E-state index contributed by atoms with van der Waals surface area (Å²) < 4.78 is 0. The maximum absolute atomic E-state index is 2.42. The van der Waals surface area contributed by atoms with E-state index in [1.807, 2.05) is 6.07 Å². The van der Waals surface area contributed by atoms with Gasteiger partial charge in [0.05, 0.1) is 0 Å². The standard InChI is InChI=1S/C23H21N/c1-18-7-14-23-21(17-18)15-16-24(23)22-12-10-20(11-13-22)9-8-19-5-3-2-4-6-19/h2-14,17H,15-16H2,1H3/b9-8+. The lowest BCUT2D eigenvalue weighted by atomic mass is 10.1. The van der Waals surface area contributed by atoms with Crippen molar-refractivity contribution in [1.29, 1.82) is 0 Å². The molecule has 0 fully saturated rings. The first-order chi connectivity index (χ1) is 11.8. The van der Waals surface area contributed by atoms with Crippen LogP contribution in [-0.2, 0) is 6.42 Å². The minimum Gasteiger partial charge on any atom is -0.341 e. The number of hydrogen-bond acceptors (Lipinski definition) is 1. The number of benzene rings is 3. The van der Waals surface area contributed by atoms with Gasteiger partial charge in [0.1, 0.15) is 0 Å². The second-order valence-electron chi connectivity index (χ2n) is 6.37. The first kappa shape index (κ1) is 14.8. The van der Waals surface area contributed by atoms with E-state index in [2.05, 4.69) is 90.7 Å². The summed E-state index contributed by atoms with van der Waals surface area (Å²) in [6.07, 6.45) is 5.45. The molecule has 0 bridgehead atoms. The number of rotatable bonds is 3. The maximum atomic E-state index is 2.42. The fraction of sp³-hybridized carbons (Fsp3) is 0.130. The molecule has 1 aliphatic rings. The Labute approximate surface area is 143 Å². The average Bonchev–Trinajstić information content (AvgIpc) is 3.04. The average molecular weight is 311 g/mol. The first-order valence-electron chi connectivity index (χ1n) is 8.50. The summed E-state index contributed by atoms with van der Waals surface area (Å²) in [5.41, 5.74) is 7.89. The molecule has 0 radical (unpaired) electrons. The minimum atomic E-state index is 1.07. The zero-order valence-corrected chi connectivity index (χ0v) is 13.9. The highest BCUT2D eigenvalue weighted by molar-refractivity contribution is 5.73. The Bertz CT molecular complexity index is 860. The molecule has 1 nitrogen and oxygen atoms in total. The van der Waals surface area contributed by atoms with E-state index in [-0.39, 0.29) is 0 Å². The van der Waals surface area contributed by atoms with Crippen molar-refractivity contribution < 1.29 is 0 Å². The van der Waals surface area contributed by atoms with Crippen LogP contribution in [-0.4, -0.2) is 6.54 Å². The van der Waals surface area contributed by atoms with E-state index in [1.165, 1.54) is 33.6 Å². The van der Waals surface area contributed by atoms with E-state index in [9.17, 15) is 0 Å². The van der Waals surface area contributed by atoms with Crippen LogP contribution in [0.1, 0.15) is 22.3 Å². The number of aryl methyl sites for hydroxylation is 1. The van der Waals surface area contributed by atoms with E-state index in [0.717, 1.165) is 13.0 Å². The molecule has 0 saturated carbocycles. The summed E-state index contributed by atoms with van der Waals surface area (Å²) >= 11 is 0. The summed E-state index contributed by atoms with van der Waals surface area (Å²) in [6.45, 7) is 3.23. The van der Waals surface area contributed by atoms with Crippen molar-refractivity contribution in [3.8, 4) is 0 Å². The molecule has 1 heteroatoms. The molecule has 1 heterocycles. The highest BCUT2D eigenvalue weighted by Gasteiger charge is 2.19. The van der Waals surface area contributed by atoms with E-state index in [0.29, 0.717) is 0 Å². The smallest absolute Gasteiger partial charge is 0.0444 e. The van der Waals surface area contributed by atoms with Crippen molar-refractivity contribution >= 4 is 23.5 Å². The summed E-state index contributed by atoms with van der Waals surface area (Å²) in [7, 11) is 0. The zero-order chi connectivity index (χ0) is 16.4. The predicted molar refractivity (Wildman–Crippen MR) is 104 cm³/mol. The van der Waals surface area contributed by atoms with Crippen LogP contribution in [0.25, 0.3) is 12.2 Å². The second kappa shape index (κ2) is 6.37. The number of hydrogen-bond donors (Lipinski definition) is 0. The molecule has 3 aromatic carbocycles. The lowest BCUT2D eigenvalue weighted by Crippen LogP contribution is -2.12. The Morgan fingerprint density at radius 1 is 0.792 bits per heavy atom. The van der Waals surface area contributed by atoms with Gasteiger partial charge in [-0.2, -0.15) is 0 Å². The van der Waals surface area contributed by atoms with Gasteiger partial charge in [0.25, 0.3) is 0 Å². The Morgan fingerprint density at radius 3 is 2.25 bits per heavy atom. The topological polar surface area (TPSA) is 3.24 Å². The minimum absolute atomic E-state index is 1.07. The van der Waals surface area contributed by atoms with Crippen LogP contribution >= 0.6 is 0 Å². The summed E-state index contributed by atoms with van der Waals surface area (Å²) in [5.74, 6) is 0. The molecule has 0 unspecified atom stereocenters. The second-order valence-corrected chi connectivity index (χ2v) is 6.37. The molecule has 0 spiro atoms. The van der Waals surface area contributed by atoms with Gasteiger partial charge in [-0.3, -0.25) is 0 Å². The van der Waals surface area contributed by atoms with Crippen molar-refractivity contribution in [2.24, 2.45) is 0 Å². The van der Waals surface area contributed by atoms with E-state index < -0.39 is 0 Å². The molecule has 0 atom stereocenters. The van der Waals surface area contributed by atoms with E-state index in [1.54, 1.807) is 0 Å². The molecule has 118 valence electrons. The van der Waals surface area contributed by atoms with Crippen LogP contribution in [0.3, 0.4) is 0 Å². The van der Waals surface area contributed by atoms with Crippen LogP contribution in [0, 0.1) is 6.92 Å². The Kier molecular flexibility index (Phi) is 3.92. The molecule has 1 aliphatic heterocycles. The Morgan fingerprint density at radius 2 is 1.50 bits per heavy atom. The first-order valence-corrected chi connectivity index (χ1v) is 8.50. The van der Waals surface area contributed by atoms with Crippen molar-refractivity contribution in [1.82, 2.24) is 0 Å². The zero-order valence-electron chi connectivity index (χ0n) is 13.9. The third-order valence-corrected chi connectivity index (χ3v) is 4.60. The number of fused-ring (bicyclic) bond motifs is 1. The van der Waals surface area contributed by atoms with Gasteiger partial charge in [0.15, 0.2) is 0 Å².